The fourth-order valence-corrected chi connectivity index (χ4v) is 2.99. The molecule has 1 fully saturated rings. The molecule has 4 heteroatoms. The van der Waals surface area contributed by atoms with Gasteiger partial charge in [0, 0.05) is 36.7 Å². The molecule has 1 aliphatic rings. The molecular formula is C16H23N3O. The molecular weight excluding hydrogens is 250 g/mol. The number of rotatable bonds is 4. The van der Waals surface area contributed by atoms with Gasteiger partial charge in [0.05, 0.1) is 19.3 Å². The Bertz CT molecular complexity index is 578. The smallest absolute Gasteiger partial charge is 0.0881 e. The van der Waals surface area contributed by atoms with Gasteiger partial charge in [0.25, 0.3) is 0 Å². The van der Waals surface area contributed by atoms with Gasteiger partial charge in [0.2, 0.25) is 0 Å². The zero-order chi connectivity index (χ0) is 13.9. The lowest BCUT2D eigenvalue weighted by Gasteiger charge is -2.30. The van der Waals surface area contributed by atoms with Gasteiger partial charge in [-0.1, -0.05) is 12.1 Å². The first kappa shape index (κ1) is 13.6. The molecule has 0 amide bonds. The highest BCUT2D eigenvalue weighted by molar-refractivity contribution is 5.83. The topological polar surface area (TPSA) is 29.4 Å². The summed E-state index contributed by atoms with van der Waals surface area (Å²) in [6.45, 7) is 4.72. The molecule has 1 aromatic heterocycles. The summed E-state index contributed by atoms with van der Waals surface area (Å²) in [5, 5.41) is 4.57. The van der Waals surface area contributed by atoms with Crippen LogP contribution in [0, 0.1) is 0 Å². The van der Waals surface area contributed by atoms with Gasteiger partial charge in [-0.2, -0.15) is 0 Å². The van der Waals surface area contributed by atoms with Gasteiger partial charge in [-0.05, 0) is 31.8 Å². The van der Waals surface area contributed by atoms with Crippen molar-refractivity contribution in [2.75, 3.05) is 33.8 Å². The van der Waals surface area contributed by atoms with Crippen LogP contribution in [0.4, 0.5) is 0 Å². The van der Waals surface area contributed by atoms with Gasteiger partial charge in [-0.3, -0.25) is 0 Å². The Morgan fingerprint density at radius 1 is 1.35 bits per heavy atom. The van der Waals surface area contributed by atoms with E-state index in [0.29, 0.717) is 0 Å². The second-order valence-corrected chi connectivity index (χ2v) is 5.60. The molecule has 1 aromatic carbocycles. The van der Waals surface area contributed by atoms with Gasteiger partial charge < -0.3 is 19.5 Å². The normalized spacial score (nSPS) is 20.6. The van der Waals surface area contributed by atoms with Gasteiger partial charge in [-0.15, -0.1) is 0 Å². The van der Waals surface area contributed by atoms with Gasteiger partial charge in [-0.25, -0.2) is 0 Å². The predicted octanol–water partition coefficient (Wildman–Crippen LogP) is 1.69. The minimum absolute atomic E-state index is 0.289. The lowest BCUT2D eigenvalue weighted by molar-refractivity contribution is -0.0269. The average Bonchev–Trinajstić information content (AvgIpc) is 2.84. The number of aromatic nitrogens is 1. The Morgan fingerprint density at radius 3 is 3.05 bits per heavy atom. The Labute approximate surface area is 120 Å². The molecule has 3 rings (SSSR count). The van der Waals surface area contributed by atoms with Crippen LogP contribution in [0.1, 0.15) is 5.56 Å². The summed E-state index contributed by atoms with van der Waals surface area (Å²) in [6, 6.07) is 8.74. The summed E-state index contributed by atoms with van der Waals surface area (Å²) >= 11 is 0. The standard InChI is InChI=1S/C16H23N3O/c1-17-10-13-4-3-5-16-15(13)6-7-19(16)12-14-11-18(2)8-9-20-14/h3-7,14,17H,8-12H2,1-2H3. The Hall–Kier alpha value is -1.36. The first-order valence-electron chi connectivity index (χ1n) is 7.29. The molecule has 0 saturated carbocycles. The average molecular weight is 273 g/mol. The molecule has 0 radical (unpaired) electrons. The van der Waals surface area contributed by atoms with Gasteiger partial charge >= 0.3 is 0 Å². The molecule has 0 spiro atoms. The molecule has 4 nitrogen and oxygen atoms in total. The van der Waals surface area contributed by atoms with E-state index in [1.54, 1.807) is 0 Å². The fourth-order valence-electron chi connectivity index (χ4n) is 2.99. The Morgan fingerprint density at radius 2 is 2.25 bits per heavy atom. The largest absolute Gasteiger partial charge is 0.374 e. The number of nitrogens with zero attached hydrogens (tertiary/aromatic N) is 2. The zero-order valence-electron chi connectivity index (χ0n) is 12.3. The van der Waals surface area contributed by atoms with Crippen LogP contribution >= 0.6 is 0 Å². The van der Waals surface area contributed by atoms with Crippen LogP contribution in [0.15, 0.2) is 30.5 Å². The van der Waals surface area contributed by atoms with Crippen LogP contribution in [0.3, 0.4) is 0 Å². The third kappa shape index (κ3) is 2.73. The van der Waals surface area contributed by atoms with E-state index in [2.05, 4.69) is 52.3 Å². The van der Waals surface area contributed by atoms with Crippen molar-refractivity contribution in [3.05, 3.63) is 36.0 Å². The van der Waals surface area contributed by atoms with Crippen molar-refractivity contribution >= 4 is 10.9 Å². The number of fused-ring (bicyclic) bond motifs is 1. The lowest BCUT2D eigenvalue weighted by atomic mass is 10.1. The second kappa shape index (κ2) is 5.95. The summed E-state index contributed by atoms with van der Waals surface area (Å²) in [4.78, 5) is 2.34. The van der Waals surface area contributed by atoms with E-state index in [1.165, 1.54) is 16.5 Å². The molecule has 2 aromatic rings. The summed E-state index contributed by atoms with van der Waals surface area (Å²) in [7, 11) is 4.15. The molecule has 1 unspecified atom stereocenters. The maximum absolute atomic E-state index is 5.87. The van der Waals surface area contributed by atoms with Crippen molar-refractivity contribution in [3.63, 3.8) is 0 Å². The van der Waals surface area contributed by atoms with Gasteiger partial charge in [0.15, 0.2) is 0 Å². The minimum atomic E-state index is 0.289. The Balaban J connectivity index is 1.83. The van der Waals surface area contributed by atoms with Crippen molar-refractivity contribution in [2.24, 2.45) is 0 Å². The molecule has 1 atom stereocenters. The van der Waals surface area contributed by atoms with E-state index >= 15 is 0 Å². The van der Waals surface area contributed by atoms with Crippen molar-refractivity contribution in [2.45, 2.75) is 19.2 Å². The first-order chi connectivity index (χ1) is 9.78. The van der Waals surface area contributed by atoms with E-state index < -0.39 is 0 Å². The predicted molar refractivity (Wildman–Crippen MR) is 81.9 cm³/mol. The van der Waals surface area contributed by atoms with E-state index in [0.717, 1.165) is 32.8 Å². The summed E-state index contributed by atoms with van der Waals surface area (Å²) in [5.74, 6) is 0. The molecule has 20 heavy (non-hydrogen) atoms. The van der Waals surface area contributed by atoms with E-state index in [9.17, 15) is 0 Å². The SMILES string of the molecule is CNCc1cccc2c1ccn2CC1CN(C)CCO1. The van der Waals surface area contributed by atoms with E-state index in [-0.39, 0.29) is 6.10 Å². The van der Waals surface area contributed by atoms with Crippen LogP contribution in [0.5, 0.6) is 0 Å². The highest BCUT2D eigenvalue weighted by Gasteiger charge is 2.18. The highest BCUT2D eigenvalue weighted by atomic mass is 16.5. The number of hydrogen-bond donors (Lipinski definition) is 1. The van der Waals surface area contributed by atoms with E-state index in [1.807, 2.05) is 7.05 Å². The summed E-state index contributed by atoms with van der Waals surface area (Å²) < 4.78 is 8.19. The maximum atomic E-state index is 5.87. The second-order valence-electron chi connectivity index (χ2n) is 5.60. The molecule has 1 aliphatic heterocycles. The van der Waals surface area contributed by atoms with Crippen LogP contribution in [0.2, 0.25) is 0 Å². The third-order valence-electron chi connectivity index (χ3n) is 4.01. The number of nitrogens with one attached hydrogen (secondary N) is 1. The van der Waals surface area contributed by atoms with Crippen molar-refractivity contribution in [3.8, 4) is 0 Å². The Kier molecular flexibility index (Phi) is 4.05. The number of ether oxygens (including phenoxy) is 1. The number of morpholine rings is 1. The molecule has 1 saturated heterocycles. The van der Waals surface area contributed by atoms with Gasteiger partial charge in [0.1, 0.15) is 0 Å². The molecule has 1 N–H and O–H groups in total. The highest BCUT2D eigenvalue weighted by Crippen LogP contribution is 2.21. The third-order valence-corrected chi connectivity index (χ3v) is 4.01. The minimum Gasteiger partial charge on any atom is -0.374 e. The number of likely N-dealkylation sites (N-methyl/N-ethyl adjacent to an activating group) is 1. The zero-order valence-corrected chi connectivity index (χ0v) is 12.3. The molecule has 0 aliphatic carbocycles. The lowest BCUT2D eigenvalue weighted by Crippen LogP contribution is -2.41. The van der Waals surface area contributed by atoms with Crippen molar-refractivity contribution < 1.29 is 4.74 Å². The van der Waals surface area contributed by atoms with Crippen LogP contribution in [-0.2, 0) is 17.8 Å². The number of hydrogen-bond acceptors (Lipinski definition) is 3. The fraction of sp³-hybridized carbons (Fsp3) is 0.500. The number of benzene rings is 1. The van der Waals surface area contributed by atoms with Crippen LogP contribution in [-0.4, -0.2) is 49.4 Å². The monoisotopic (exact) mass is 273 g/mol. The molecule has 108 valence electrons. The van der Waals surface area contributed by atoms with E-state index in [4.69, 9.17) is 4.74 Å². The first-order valence-corrected chi connectivity index (χ1v) is 7.29. The molecule has 0 bridgehead atoms. The van der Waals surface area contributed by atoms with Crippen molar-refractivity contribution in [1.82, 2.24) is 14.8 Å². The quantitative estimate of drug-likeness (QED) is 0.919. The summed E-state index contributed by atoms with van der Waals surface area (Å²) in [6.07, 6.45) is 2.47. The van der Waals surface area contributed by atoms with Crippen molar-refractivity contribution in [1.29, 1.82) is 0 Å². The summed E-state index contributed by atoms with van der Waals surface area (Å²) in [5.41, 5.74) is 2.65. The molecule has 2 heterocycles. The van der Waals surface area contributed by atoms with Crippen LogP contribution < -0.4 is 5.32 Å². The van der Waals surface area contributed by atoms with Crippen LogP contribution in [0.25, 0.3) is 10.9 Å². The maximum Gasteiger partial charge on any atom is 0.0881 e.